The lowest BCUT2D eigenvalue weighted by Crippen LogP contribution is -2.15. The minimum Gasteiger partial charge on any atom is -0.497 e. The molecule has 0 amide bonds. The van der Waals surface area contributed by atoms with Crippen molar-refractivity contribution in [2.24, 2.45) is 5.92 Å². The van der Waals surface area contributed by atoms with Crippen molar-refractivity contribution in [2.75, 3.05) is 14.2 Å². The first-order valence-corrected chi connectivity index (χ1v) is 10.4. The predicted molar refractivity (Wildman–Crippen MR) is 115 cm³/mol. The van der Waals surface area contributed by atoms with Gasteiger partial charge in [0.05, 0.1) is 7.11 Å². The topological polar surface area (TPSA) is 21.3 Å². The van der Waals surface area contributed by atoms with Gasteiger partial charge in [0.25, 0.3) is 0 Å². The van der Waals surface area contributed by atoms with Gasteiger partial charge in [0.1, 0.15) is 5.75 Å². The van der Waals surface area contributed by atoms with Gasteiger partial charge in [-0.15, -0.1) is 0 Å². The molecule has 27 heavy (non-hydrogen) atoms. The van der Waals surface area contributed by atoms with Gasteiger partial charge in [-0.25, -0.2) is 0 Å². The fourth-order valence-electron chi connectivity index (χ4n) is 4.33. The van der Waals surface area contributed by atoms with E-state index in [-0.39, 0.29) is 0 Å². The predicted octanol–water partition coefficient (Wildman–Crippen LogP) is 6.01. The van der Waals surface area contributed by atoms with Crippen molar-refractivity contribution in [1.82, 2.24) is 5.32 Å². The van der Waals surface area contributed by atoms with Crippen molar-refractivity contribution >= 4 is 5.57 Å². The molecule has 0 aliphatic heterocycles. The number of fused-ring (bicyclic) bond motifs is 1. The Bertz CT molecular complexity index is 752. The highest BCUT2D eigenvalue weighted by Gasteiger charge is 2.27. The van der Waals surface area contributed by atoms with Crippen LogP contribution < -0.4 is 10.1 Å². The van der Waals surface area contributed by atoms with Crippen LogP contribution in [0.5, 0.6) is 5.75 Å². The monoisotopic (exact) mass is 363 g/mol. The van der Waals surface area contributed by atoms with Crippen molar-refractivity contribution < 1.29 is 4.74 Å². The third-order valence-corrected chi connectivity index (χ3v) is 5.75. The van der Waals surface area contributed by atoms with Gasteiger partial charge in [-0.3, -0.25) is 0 Å². The van der Waals surface area contributed by atoms with E-state index in [9.17, 15) is 0 Å². The molecule has 0 saturated heterocycles. The number of hydrogen-bond acceptors (Lipinski definition) is 2. The first kappa shape index (κ1) is 19.5. The molecule has 0 saturated carbocycles. The number of hydrogen-bond donors (Lipinski definition) is 1. The quantitative estimate of drug-likeness (QED) is 0.551. The van der Waals surface area contributed by atoms with Crippen LogP contribution in [-0.2, 0) is 12.8 Å². The van der Waals surface area contributed by atoms with Gasteiger partial charge in [-0.2, -0.15) is 0 Å². The summed E-state index contributed by atoms with van der Waals surface area (Å²) in [4.78, 5) is 0. The van der Waals surface area contributed by atoms with E-state index in [0.717, 1.165) is 25.0 Å². The summed E-state index contributed by atoms with van der Waals surface area (Å²) >= 11 is 0. The second-order valence-corrected chi connectivity index (χ2v) is 7.56. The summed E-state index contributed by atoms with van der Waals surface area (Å²) in [5.41, 5.74) is 7.18. The summed E-state index contributed by atoms with van der Waals surface area (Å²) in [6.45, 7) is 2.27. The zero-order valence-electron chi connectivity index (χ0n) is 17.1. The number of allylic oxidation sites excluding steroid dienone is 2. The van der Waals surface area contributed by atoms with Crippen LogP contribution in [0.2, 0.25) is 0 Å². The average molecular weight is 364 g/mol. The third-order valence-electron chi connectivity index (χ3n) is 5.75. The highest BCUT2D eigenvalue weighted by Crippen LogP contribution is 2.39. The van der Waals surface area contributed by atoms with Crippen molar-refractivity contribution in [2.45, 2.75) is 51.9 Å². The molecule has 1 aliphatic rings. The lowest BCUT2D eigenvalue weighted by molar-refractivity contribution is 0.414. The van der Waals surface area contributed by atoms with Crippen LogP contribution in [0, 0.1) is 5.92 Å². The number of benzene rings is 2. The highest BCUT2D eigenvalue weighted by molar-refractivity contribution is 5.72. The molecule has 0 atom stereocenters. The first-order valence-electron chi connectivity index (χ1n) is 10.4. The van der Waals surface area contributed by atoms with E-state index >= 15 is 0 Å². The van der Waals surface area contributed by atoms with Crippen LogP contribution >= 0.6 is 0 Å². The average Bonchev–Trinajstić information content (AvgIpc) is 3.13. The van der Waals surface area contributed by atoms with E-state index in [4.69, 9.17) is 4.74 Å². The van der Waals surface area contributed by atoms with Crippen molar-refractivity contribution in [3.8, 4) is 5.75 Å². The largest absolute Gasteiger partial charge is 0.497 e. The van der Waals surface area contributed by atoms with Gasteiger partial charge < -0.3 is 10.1 Å². The van der Waals surface area contributed by atoms with Crippen molar-refractivity contribution in [3.05, 3.63) is 70.9 Å². The van der Waals surface area contributed by atoms with Gasteiger partial charge >= 0.3 is 0 Å². The SMILES string of the molecule is CCCCCCC(NC)=C(c1cccc(OC)c1)C1Cc2ccccc2C1. The smallest absolute Gasteiger partial charge is 0.119 e. The maximum atomic E-state index is 5.51. The van der Waals surface area contributed by atoms with Crippen LogP contribution in [-0.4, -0.2) is 14.2 Å². The van der Waals surface area contributed by atoms with E-state index in [1.807, 2.05) is 6.07 Å². The second-order valence-electron chi connectivity index (χ2n) is 7.56. The molecule has 0 unspecified atom stereocenters. The van der Waals surface area contributed by atoms with Gasteiger partial charge in [0, 0.05) is 12.7 Å². The highest BCUT2D eigenvalue weighted by atomic mass is 16.5. The van der Waals surface area contributed by atoms with Crippen LogP contribution in [0.15, 0.2) is 54.2 Å². The molecule has 144 valence electrons. The molecule has 2 nitrogen and oxygen atoms in total. The Morgan fingerprint density at radius 2 is 1.74 bits per heavy atom. The maximum Gasteiger partial charge on any atom is 0.119 e. The standard InChI is InChI=1S/C25H33NO/c1-4-5-6-7-15-24(26-2)25(21-13-10-14-23(18-21)27-3)22-16-19-11-8-9-12-20(19)17-22/h8-14,18,22,26H,4-7,15-17H2,1-3H3. The molecule has 2 aromatic rings. The first-order chi connectivity index (χ1) is 13.3. The zero-order valence-corrected chi connectivity index (χ0v) is 17.1. The molecular formula is C25H33NO. The third kappa shape index (κ3) is 4.74. The Hall–Kier alpha value is -2.22. The fraction of sp³-hybridized carbons (Fsp3) is 0.440. The van der Waals surface area contributed by atoms with Crippen LogP contribution in [0.3, 0.4) is 0 Å². The summed E-state index contributed by atoms with van der Waals surface area (Å²) in [5, 5.41) is 3.56. The summed E-state index contributed by atoms with van der Waals surface area (Å²) in [5.74, 6) is 1.46. The summed E-state index contributed by atoms with van der Waals surface area (Å²) in [6, 6.07) is 17.5. The van der Waals surface area contributed by atoms with Gasteiger partial charge in [-0.05, 0) is 66.0 Å². The van der Waals surface area contributed by atoms with Gasteiger partial charge in [0.2, 0.25) is 0 Å². The minimum absolute atomic E-state index is 0.531. The normalized spacial score (nSPS) is 14.6. The van der Waals surface area contributed by atoms with Gasteiger partial charge in [0.15, 0.2) is 0 Å². The maximum absolute atomic E-state index is 5.51. The number of rotatable bonds is 9. The van der Waals surface area contributed by atoms with Crippen LogP contribution in [0.25, 0.3) is 5.57 Å². The number of ether oxygens (including phenoxy) is 1. The Labute approximate surface area is 164 Å². The Morgan fingerprint density at radius 1 is 1.00 bits per heavy atom. The number of unbranched alkanes of at least 4 members (excludes halogenated alkanes) is 3. The summed E-state index contributed by atoms with van der Waals surface area (Å²) in [7, 11) is 3.83. The molecule has 0 bridgehead atoms. The molecule has 2 heteroatoms. The zero-order chi connectivity index (χ0) is 19.1. The number of methoxy groups -OCH3 is 1. The summed E-state index contributed by atoms with van der Waals surface area (Å²) in [6.07, 6.45) is 8.52. The molecule has 0 aromatic heterocycles. The van der Waals surface area contributed by atoms with Crippen LogP contribution in [0.4, 0.5) is 0 Å². The molecule has 2 aromatic carbocycles. The summed E-state index contributed by atoms with van der Waals surface area (Å²) < 4.78 is 5.51. The lowest BCUT2D eigenvalue weighted by Gasteiger charge is -2.22. The van der Waals surface area contributed by atoms with E-state index in [1.165, 1.54) is 53.6 Å². The van der Waals surface area contributed by atoms with E-state index in [1.54, 1.807) is 7.11 Å². The Balaban J connectivity index is 1.94. The minimum atomic E-state index is 0.531. The molecule has 1 aliphatic carbocycles. The number of nitrogens with one attached hydrogen (secondary N) is 1. The fourth-order valence-corrected chi connectivity index (χ4v) is 4.33. The molecule has 0 radical (unpaired) electrons. The van der Waals surface area contributed by atoms with Gasteiger partial charge in [-0.1, -0.05) is 62.6 Å². The molecule has 0 spiro atoms. The Kier molecular flexibility index (Phi) is 6.98. The van der Waals surface area contributed by atoms with Crippen molar-refractivity contribution in [1.29, 1.82) is 0 Å². The molecular weight excluding hydrogens is 330 g/mol. The van der Waals surface area contributed by atoms with E-state index in [2.05, 4.69) is 61.8 Å². The lowest BCUT2D eigenvalue weighted by atomic mass is 9.87. The molecule has 1 N–H and O–H groups in total. The van der Waals surface area contributed by atoms with E-state index < -0.39 is 0 Å². The van der Waals surface area contributed by atoms with Crippen LogP contribution in [0.1, 0.15) is 55.7 Å². The second kappa shape index (κ2) is 9.64. The van der Waals surface area contributed by atoms with Crippen molar-refractivity contribution in [3.63, 3.8) is 0 Å². The Morgan fingerprint density at radius 3 is 2.37 bits per heavy atom. The molecule has 0 fully saturated rings. The molecule has 0 heterocycles. The van der Waals surface area contributed by atoms with E-state index in [0.29, 0.717) is 5.92 Å². The molecule has 3 rings (SSSR count).